The lowest BCUT2D eigenvalue weighted by molar-refractivity contribution is 0.101. The zero-order valence-electron chi connectivity index (χ0n) is 21.2. The minimum Gasteiger partial charge on any atom is -0.490 e. The molecule has 0 spiro atoms. The fraction of sp³-hybridized carbons (Fsp3) is 0.267. The molecule has 0 aliphatic heterocycles. The molecule has 38 heavy (non-hydrogen) atoms. The fourth-order valence-corrected chi connectivity index (χ4v) is 4.69. The van der Waals surface area contributed by atoms with Gasteiger partial charge in [0.1, 0.15) is 11.4 Å². The van der Waals surface area contributed by atoms with Crippen molar-refractivity contribution in [2.24, 2.45) is 0 Å². The van der Waals surface area contributed by atoms with E-state index in [4.69, 9.17) is 32.4 Å². The molecule has 0 bridgehead atoms. The first-order valence-electron chi connectivity index (χ1n) is 12.6. The Balaban J connectivity index is 1.58. The van der Waals surface area contributed by atoms with Crippen LogP contribution in [0, 0.1) is 12.7 Å². The largest absolute Gasteiger partial charge is 0.490 e. The van der Waals surface area contributed by atoms with Gasteiger partial charge >= 0.3 is 0 Å². The molecule has 0 aliphatic carbocycles. The molecular weight excluding hydrogens is 528 g/mol. The lowest BCUT2D eigenvalue weighted by Gasteiger charge is -2.12. The summed E-state index contributed by atoms with van der Waals surface area (Å²) in [6.07, 6.45) is 5.43. The van der Waals surface area contributed by atoms with E-state index in [0.29, 0.717) is 28.9 Å². The van der Waals surface area contributed by atoms with Gasteiger partial charge in [0.05, 0.1) is 22.3 Å². The average Bonchev–Trinajstić information content (AvgIpc) is 3.26. The molecule has 1 heterocycles. The number of unbranched alkanes of at least 4 members (excludes halogenated alkanes) is 4. The predicted molar refractivity (Wildman–Crippen MR) is 149 cm³/mol. The second-order valence-corrected chi connectivity index (χ2v) is 9.90. The maximum Gasteiger partial charge on any atom is 0.255 e. The Morgan fingerprint density at radius 2 is 1.66 bits per heavy atom. The number of amides is 1. The summed E-state index contributed by atoms with van der Waals surface area (Å²) in [5.41, 5.74) is 1.27. The number of rotatable bonds is 11. The highest BCUT2D eigenvalue weighted by molar-refractivity contribution is 6.38. The van der Waals surface area contributed by atoms with E-state index in [-0.39, 0.29) is 32.6 Å². The van der Waals surface area contributed by atoms with Gasteiger partial charge in [-0.2, -0.15) is 0 Å². The molecule has 0 fully saturated rings. The number of carbonyl (C=O) groups excluding carboxylic acids is 2. The van der Waals surface area contributed by atoms with Crippen LogP contribution in [0.2, 0.25) is 10.0 Å². The molecule has 0 radical (unpaired) electrons. The highest BCUT2D eigenvalue weighted by Gasteiger charge is 2.25. The van der Waals surface area contributed by atoms with E-state index < -0.39 is 17.5 Å². The summed E-state index contributed by atoms with van der Waals surface area (Å²) in [7, 11) is 0. The minimum atomic E-state index is -0.561. The van der Waals surface area contributed by atoms with Crippen molar-refractivity contribution in [2.75, 3.05) is 11.9 Å². The number of furan rings is 1. The molecule has 8 heteroatoms. The van der Waals surface area contributed by atoms with E-state index in [0.717, 1.165) is 31.7 Å². The Kier molecular flexibility index (Phi) is 9.08. The molecule has 0 atom stereocenters. The number of nitrogens with one attached hydrogen (secondary N) is 1. The molecule has 4 rings (SSSR count). The Hall–Kier alpha value is -3.35. The lowest BCUT2D eigenvalue weighted by Crippen LogP contribution is -2.15. The van der Waals surface area contributed by atoms with E-state index >= 15 is 0 Å². The fourth-order valence-electron chi connectivity index (χ4n) is 4.09. The molecule has 3 aromatic carbocycles. The summed E-state index contributed by atoms with van der Waals surface area (Å²) in [6, 6.07) is 14.0. The van der Waals surface area contributed by atoms with Gasteiger partial charge in [-0.05, 0) is 49.2 Å². The molecule has 4 aromatic rings. The van der Waals surface area contributed by atoms with Crippen LogP contribution < -0.4 is 10.1 Å². The smallest absolute Gasteiger partial charge is 0.255 e. The van der Waals surface area contributed by atoms with E-state index in [2.05, 4.69) is 12.2 Å². The van der Waals surface area contributed by atoms with E-state index in [1.807, 2.05) is 0 Å². The van der Waals surface area contributed by atoms with Crippen molar-refractivity contribution in [3.63, 3.8) is 0 Å². The SMILES string of the molecule is CCCCCCCOc1c(Cl)cc(C(=O)Nc2c(C(=O)c3ccc(C)c(F)c3)oc3ccccc23)cc1Cl. The van der Waals surface area contributed by atoms with Crippen molar-refractivity contribution in [2.45, 2.75) is 46.0 Å². The van der Waals surface area contributed by atoms with Crippen LogP contribution in [-0.4, -0.2) is 18.3 Å². The number of hydrogen-bond donors (Lipinski definition) is 1. The van der Waals surface area contributed by atoms with Crippen LogP contribution in [0.5, 0.6) is 5.75 Å². The Morgan fingerprint density at radius 3 is 2.37 bits per heavy atom. The van der Waals surface area contributed by atoms with Gasteiger partial charge in [-0.3, -0.25) is 9.59 Å². The second kappa shape index (κ2) is 12.5. The number of carbonyl (C=O) groups is 2. The number of fused-ring (bicyclic) bond motifs is 1. The molecule has 0 saturated heterocycles. The summed E-state index contributed by atoms with van der Waals surface area (Å²) in [5.74, 6) is -1.40. The van der Waals surface area contributed by atoms with Crippen molar-refractivity contribution in [1.82, 2.24) is 0 Å². The van der Waals surface area contributed by atoms with Crippen LogP contribution in [0.15, 0.2) is 59.0 Å². The topological polar surface area (TPSA) is 68.5 Å². The maximum absolute atomic E-state index is 14.2. The van der Waals surface area contributed by atoms with Crippen molar-refractivity contribution in [1.29, 1.82) is 0 Å². The standard InChI is InChI=1S/C30H28Cl2FNO4/c1-3-4-5-6-9-14-37-28-22(31)15-20(16-23(28)32)30(36)34-26-21-10-7-8-11-25(21)38-29(26)27(35)19-13-12-18(2)24(33)17-19/h7-8,10-13,15-17H,3-6,9,14H2,1-2H3,(H,34,36). The maximum atomic E-state index is 14.2. The van der Waals surface area contributed by atoms with Gasteiger partial charge in [0.2, 0.25) is 5.78 Å². The second-order valence-electron chi connectivity index (χ2n) is 9.08. The van der Waals surface area contributed by atoms with Gasteiger partial charge in [-0.25, -0.2) is 4.39 Å². The molecular formula is C30H28Cl2FNO4. The van der Waals surface area contributed by atoms with Gasteiger partial charge in [0.25, 0.3) is 5.91 Å². The third-order valence-electron chi connectivity index (χ3n) is 6.23. The molecule has 0 saturated carbocycles. The molecule has 0 unspecified atom stereocenters. The van der Waals surface area contributed by atoms with Crippen LogP contribution in [0.4, 0.5) is 10.1 Å². The summed E-state index contributed by atoms with van der Waals surface area (Å²) in [6.45, 7) is 4.24. The summed E-state index contributed by atoms with van der Waals surface area (Å²) >= 11 is 12.8. The number of ether oxygens (including phenoxy) is 1. The van der Waals surface area contributed by atoms with Gasteiger partial charge in [0.15, 0.2) is 11.5 Å². The van der Waals surface area contributed by atoms with Crippen LogP contribution in [0.25, 0.3) is 11.0 Å². The van der Waals surface area contributed by atoms with Gasteiger partial charge < -0.3 is 14.5 Å². The number of ketones is 1. The molecule has 198 valence electrons. The van der Waals surface area contributed by atoms with Crippen molar-refractivity contribution in [3.05, 3.63) is 92.9 Å². The monoisotopic (exact) mass is 555 g/mol. The van der Waals surface area contributed by atoms with Crippen LogP contribution in [0.3, 0.4) is 0 Å². The van der Waals surface area contributed by atoms with E-state index in [9.17, 15) is 14.0 Å². The first-order chi connectivity index (χ1) is 18.3. The average molecular weight is 556 g/mol. The molecule has 1 aromatic heterocycles. The first kappa shape index (κ1) is 27.7. The third-order valence-corrected chi connectivity index (χ3v) is 6.79. The van der Waals surface area contributed by atoms with Crippen LogP contribution >= 0.6 is 23.2 Å². The van der Waals surface area contributed by atoms with E-state index in [1.165, 1.54) is 30.7 Å². The number of benzene rings is 3. The summed E-state index contributed by atoms with van der Waals surface area (Å²) in [5, 5.41) is 3.71. The normalized spacial score (nSPS) is 11.1. The molecule has 0 aliphatic rings. The van der Waals surface area contributed by atoms with Crippen LogP contribution in [0.1, 0.15) is 71.1 Å². The first-order valence-corrected chi connectivity index (χ1v) is 13.3. The number of aryl methyl sites for hydroxylation is 1. The zero-order valence-corrected chi connectivity index (χ0v) is 22.7. The third kappa shape index (κ3) is 6.20. The molecule has 5 nitrogen and oxygen atoms in total. The number of anilines is 1. The molecule has 1 N–H and O–H groups in total. The van der Waals surface area contributed by atoms with Crippen molar-refractivity contribution < 1.29 is 23.1 Å². The highest BCUT2D eigenvalue weighted by atomic mass is 35.5. The lowest BCUT2D eigenvalue weighted by atomic mass is 10.0. The predicted octanol–water partition coefficient (Wildman–Crippen LogP) is 9.02. The van der Waals surface area contributed by atoms with Crippen LogP contribution in [-0.2, 0) is 0 Å². The zero-order chi connectivity index (χ0) is 27.2. The number of halogens is 3. The quantitative estimate of drug-likeness (QED) is 0.148. The van der Waals surface area contributed by atoms with Gasteiger partial charge in [-0.1, -0.05) is 80.1 Å². The van der Waals surface area contributed by atoms with E-state index in [1.54, 1.807) is 31.2 Å². The highest BCUT2D eigenvalue weighted by Crippen LogP contribution is 2.36. The van der Waals surface area contributed by atoms with Crippen molar-refractivity contribution in [3.8, 4) is 5.75 Å². The van der Waals surface area contributed by atoms with Gasteiger partial charge in [0, 0.05) is 16.5 Å². The Labute approximate surface area is 230 Å². The Bertz CT molecular complexity index is 1460. The van der Waals surface area contributed by atoms with Gasteiger partial charge in [-0.15, -0.1) is 0 Å². The Morgan fingerprint density at radius 1 is 0.947 bits per heavy atom. The summed E-state index contributed by atoms with van der Waals surface area (Å²) in [4.78, 5) is 26.5. The number of hydrogen-bond acceptors (Lipinski definition) is 4. The van der Waals surface area contributed by atoms with Crippen molar-refractivity contribution >= 4 is 51.5 Å². The number of para-hydroxylation sites is 1. The summed E-state index contributed by atoms with van der Waals surface area (Å²) < 4.78 is 25.7. The molecule has 1 amide bonds. The minimum absolute atomic E-state index is 0.102.